The lowest BCUT2D eigenvalue weighted by Gasteiger charge is -2.29. The number of hydrogen-bond acceptors (Lipinski definition) is 7. The zero-order valence-corrected chi connectivity index (χ0v) is 23.2. The molecule has 0 fully saturated rings. The molecule has 3 N–H and O–H groups in total. The quantitative estimate of drug-likeness (QED) is 0.224. The zero-order valence-electron chi connectivity index (χ0n) is 23.2. The fraction of sp³-hybridized carbons (Fsp3) is 0.355. The van der Waals surface area contributed by atoms with Crippen molar-refractivity contribution < 1.29 is 33.6 Å². The van der Waals surface area contributed by atoms with Crippen molar-refractivity contribution in [1.29, 1.82) is 0 Å². The van der Waals surface area contributed by atoms with Crippen LogP contribution < -0.4 is 10.1 Å². The van der Waals surface area contributed by atoms with Gasteiger partial charge in [0.2, 0.25) is 12.2 Å². The van der Waals surface area contributed by atoms with Gasteiger partial charge in [0.15, 0.2) is 5.76 Å². The number of rotatable bonds is 12. The van der Waals surface area contributed by atoms with Gasteiger partial charge in [0.1, 0.15) is 5.75 Å². The lowest BCUT2D eigenvalue weighted by molar-refractivity contribution is -0.151. The van der Waals surface area contributed by atoms with E-state index in [0.717, 1.165) is 38.7 Å². The molecule has 216 valence electrons. The van der Waals surface area contributed by atoms with Crippen molar-refractivity contribution in [2.24, 2.45) is 0 Å². The number of hydrogen-bond donors (Lipinski definition) is 3. The third-order valence-electron chi connectivity index (χ3n) is 7.18. The molecule has 10 nitrogen and oxygen atoms in total. The molecule has 2 atom stereocenters. The molecule has 1 aliphatic heterocycles. The van der Waals surface area contributed by atoms with Crippen molar-refractivity contribution in [2.45, 2.75) is 32.0 Å². The van der Waals surface area contributed by atoms with Gasteiger partial charge in [0.25, 0.3) is 5.91 Å². The number of carbonyl (C=O) groups excluding carboxylic acids is 2. The number of nitrogens with one attached hydrogen (secondary N) is 2. The first-order valence-corrected chi connectivity index (χ1v) is 13.7. The maximum atomic E-state index is 13.3. The van der Waals surface area contributed by atoms with Gasteiger partial charge in [-0.1, -0.05) is 18.2 Å². The molecule has 0 aliphatic carbocycles. The van der Waals surface area contributed by atoms with Crippen LogP contribution in [0.5, 0.6) is 5.75 Å². The van der Waals surface area contributed by atoms with Crippen LogP contribution in [0.4, 0.5) is 0 Å². The first-order chi connectivity index (χ1) is 20.0. The van der Waals surface area contributed by atoms with E-state index in [-0.39, 0.29) is 49.9 Å². The van der Waals surface area contributed by atoms with Crippen LogP contribution in [0.25, 0.3) is 21.8 Å². The lowest BCUT2D eigenvalue weighted by atomic mass is 9.92. The number of para-hydroxylation sites is 1. The predicted octanol–water partition coefficient (Wildman–Crippen LogP) is 3.89. The SMILES string of the molecule is COc1ccc2[nH]cc(CCNC(=O)C3=CC(c4cn(C(C)=O)c5ccccc45)CC(OCCOCCO)O3)c2c1. The lowest BCUT2D eigenvalue weighted by Crippen LogP contribution is -2.34. The third-order valence-corrected chi connectivity index (χ3v) is 7.18. The van der Waals surface area contributed by atoms with Crippen LogP contribution in [0.15, 0.2) is 66.7 Å². The van der Waals surface area contributed by atoms with Crippen molar-refractivity contribution >= 4 is 33.6 Å². The summed E-state index contributed by atoms with van der Waals surface area (Å²) in [6.45, 7) is 2.61. The minimum atomic E-state index is -0.691. The molecule has 5 rings (SSSR count). The Kier molecular flexibility index (Phi) is 9.03. The summed E-state index contributed by atoms with van der Waals surface area (Å²) < 4.78 is 24.2. The van der Waals surface area contributed by atoms with Gasteiger partial charge in [0.05, 0.1) is 39.1 Å². The van der Waals surface area contributed by atoms with E-state index in [1.54, 1.807) is 17.8 Å². The van der Waals surface area contributed by atoms with Crippen LogP contribution in [0.1, 0.15) is 35.2 Å². The molecule has 2 unspecified atom stereocenters. The Morgan fingerprint density at radius 2 is 2.00 bits per heavy atom. The number of allylic oxidation sites excluding steroid dienone is 1. The molecular formula is C31H35N3O7. The molecule has 0 radical (unpaired) electrons. The highest BCUT2D eigenvalue weighted by Crippen LogP contribution is 2.36. The van der Waals surface area contributed by atoms with Crippen LogP contribution >= 0.6 is 0 Å². The molecule has 2 aromatic heterocycles. The Morgan fingerprint density at radius 3 is 2.80 bits per heavy atom. The average molecular weight is 562 g/mol. The average Bonchev–Trinajstić information content (AvgIpc) is 3.58. The minimum absolute atomic E-state index is 0.0681. The molecular weight excluding hydrogens is 526 g/mol. The number of ether oxygens (including phenoxy) is 4. The predicted molar refractivity (Wildman–Crippen MR) is 154 cm³/mol. The summed E-state index contributed by atoms with van der Waals surface area (Å²) in [5, 5.41) is 13.9. The van der Waals surface area contributed by atoms with Crippen LogP contribution in [0.2, 0.25) is 0 Å². The Bertz CT molecular complexity index is 1550. The Morgan fingerprint density at radius 1 is 1.15 bits per heavy atom. The summed E-state index contributed by atoms with van der Waals surface area (Å²) in [4.78, 5) is 28.9. The van der Waals surface area contributed by atoms with Crippen LogP contribution in [-0.4, -0.2) is 72.8 Å². The van der Waals surface area contributed by atoms with Gasteiger partial charge in [0, 0.05) is 54.5 Å². The largest absolute Gasteiger partial charge is 0.497 e. The fourth-order valence-corrected chi connectivity index (χ4v) is 5.19. The van der Waals surface area contributed by atoms with Crippen molar-refractivity contribution in [2.75, 3.05) is 40.1 Å². The van der Waals surface area contributed by atoms with E-state index in [9.17, 15) is 9.59 Å². The van der Waals surface area contributed by atoms with Gasteiger partial charge in [-0.05, 0) is 47.9 Å². The zero-order chi connectivity index (χ0) is 28.8. The molecule has 2 aromatic carbocycles. The Labute approximate surface area is 237 Å². The topological polar surface area (TPSA) is 124 Å². The molecule has 0 saturated heterocycles. The first-order valence-electron chi connectivity index (χ1n) is 13.7. The molecule has 4 aromatic rings. The van der Waals surface area contributed by atoms with Gasteiger partial charge in [-0.25, -0.2) is 0 Å². The number of aromatic amines is 1. The second-order valence-electron chi connectivity index (χ2n) is 9.85. The number of aromatic nitrogens is 2. The highest BCUT2D eigenvalue weighted by molar-refractivity contribution is 5.95. The molecule has 0 spiro atoms. The summed E-state index contributed by atoms with van der Waals surface area (Å²) in [7, 11) is 1.63. The fourth-order valence-electron chi connectivity index (χ4n) is 5.19. The monoisotopic (exact) mass is 561 g/mol. The highest BCUT2D eigenvalue weighted by Gasteiger charge is 2.30. The number of carbonyl (C=O) groups is 2. The Hall–Kier alpha value is -4.12. The number of fused-ring (bicyclic) bond motifs is 2. The van der Waals surface area contributed by atoms with E-state index in [1.165, 1.54) is 6.92 Å². The van der Waals surface area contributed by atoms with E-state index in [2.05, 4.69) is 10.3 Å². The summed E-state index contributed by atoms with van der Waals surface area (Å²) in [6.07, 6.45) is 5.96. The standard InChI is InChI=1S/C31H35N3O7/c1-20(36)34-19-26(24-5-3-4-6-28(24)34)22-15-29(41-30(16-22)40-14-13-39-12-11-35)31(37)32-10-9-21-18-33-27-8-7-23(38-2)17-25(21)27/h3-8,15,17-19,22,30,33,35H,9-14,16H2,1-2H3,(H,32,37). The van der Waals surface area contributed by atoms with Gasteiger partial charge in [-0.15, -0.1) is 0 Å². The smallest absolute Gasteiger partial charge is 0.286 e. The third kappa shape index (κ3) is 6.45. The van der Waals surface area contributed by atoms with E-state index < -0.39 is 6.29 Å². The number of aliphatic hydroxyl groups excluding tert-OH is 1. The summed E-state index contributed by atoms with van der Waals surface area (Å²) in [6, 6.07) is 13.6. The molecule has 1 amide bonds. The Balaban J connectivity index is 1.33. The second-order valence-corrected chi connectivity index (χ2v) is 9.85. The maximum Gasteiger partial charge on any atom is 0.286 e. The number of amides is 1. The molecule has 0 bridgehead atoms. The van der Waals surface area contributed by atoms with E-state index >= 15 is 0 Å². The molecule has 1 aliphatic rings. The molecule has 3 heterocycles. The van der Waals surface area contributed by atoms with Gasteiger partial charge < -0.3 is 34.4 Å². The number of methoxy groups -OCH3 is 1. The number of aliphatic hydroxyl groups is 1. The van der Waals surface area contributed by atoms with Crippen molar-refractivity contribution in [3.05, 3.63) is 77.8 Å². The van der Waals surface area contributed by atoms with E-state index in [0.29, 0.717) is 19.4 Å². The van der Waals surface area contributed by atoms with E-state index in [4.69, 9.17) is 24.1 Å². The van der Waals surface area contributed by atoms with Crippen molar-refractivity contribution in [3.8, 4) is 5.75 Å². The highest BCUT2D eigenvalue weighted by atomic mass is 16.7. The summed E-state index contributed by atoms with van der Waals surface area (Å²) >= 11 is 0. The van der Waals surface area contributed by atoms with Crippen LogP contribution in [0, 0.1) is 0 Å². The van der Waals surface area contributed by atoms with Gasteiger partial charge >= 0.3 is 0 Å². The minimum Gasteiger partial charge on any atom is -0.497 e. The van der Waals surface area contributed by atoms with Crippen molar-refractivity contribution in [3.63, 3.8) is 0 Å². The number of benzene rings is 2. The van der Waals surface area contributed by atoms with Gasteiger partial charge in [-0.2, -0.15) is 0 Å². The molecule has 10 heteroatoms. The first kappa shape index (κ1) is 28.4. The maximum absolute atomic E-state index is 13.3. The molecule has 41 heavy (non-hydrogen) atoms. The van der Waals surface area contributed by atoms with Crippen LogP contribution in [0.3, 0.4) is 0 Å². The van der Waals surface area contributed by atoms with Gasteiger partial charge in [-0.3, -0.25) is 14.2 Å². The van der Waals surface area contributed by atoms with Crippen molar-refractivity contribution in [1.82, 2.24) is 14.9 Å². The molecule has 0 saturated carbocycles. The second kappa shape index (κ2) is 13.0. The summed E-state index contributed by atoms with van der Waals surface area (Å²) in [5.74, 6) is 0.285. The van der Waals surface area contributed by atoms with Crippen LogP contribution in [-0.2, 0) is 25.4 Å². The summed E-state index contributed by atoms with van der Waals surface area (Å²) in [5.41, 5.74) is 3.80. The van der Waals surface area contributed by atoms with E-state index in [1.807, 2.05) is 54.9 Å². The number of nitrogens with zero attached hydrogens (tertiary/aromatic N) is 1. The normalized spacial score (nSPS) is 16.9. The number of H-pyrrole nitrogens is 1.